The van der Waals surface area contributed by atoms with Crippen LogP contribution in [0.5, 0.6) is 5.88 Å². The zero-order chi connectivity index (χ0) is 35.6. The van der Waals surface area contributed by atoms with Gasteiger partial charge in [0.05, 0.1) is 35.3 Å². The maximum atomic E-state index is 14.4. The van der Waals surface area contributed by atoms with Crippen LogP contribution in [-0.2, 0) is 23.5 Å². The summed E-state index contributed by atoms with van der Waals surface area (Å²) >= 11 is 1.60. The lowest BCUT2D eigenvalue weighted by Gasteiger charge is -2.38. The van der Waals surface area contributed by atoms with Crippen LogP contribution in [0.1, 0.15) is 83.9 Å². The minimum atomic E-state index is -2.21. The number of thiazole rings is 1. The van der Waals surface area contributed by atoms with Crippen LogP contribution in [0.25, 0.3) is 10.4 Å². The molecule has 1 fully saturated rings. The number of carbonyl (C=O) groups excluding carboxylic acids is 3. The fourth-order valence-electron chi connectivity index (χ4n) is 5.65. The van der Waals surface area contributed by atoms with Gasteiger partial charge in [0.25, 0.3) is 5.88 Å². The number of hydrogen-bond donors (Lipinski definition) is 1. The number of esters is 1. The van der Waals surface area contributed by atoms with Gasteiger partial charge in [-0.05, 0) is 61.1 Å². The number of rotatable bonds is 12. The average molecular weight is 699 g/mol. The first-order valence-corrected chi connectivity index (χ1v) is 20.2. The van der Waals surface area contributed by atoms with Crippen LogP contribution in [0.3, 0.4) is 0 Å². The van der Waals surface area contributed by atoms with E-state index < -0.39 is 32.4 Å². The molecule has 4 rings (SSSR count). The van der Waals surface area contributed by atoms with E-state index in [9.17, 15) is 14.4 Å². The van der Waals surface area contributed by atoms with Crippen LogP contribution >= 0.6 is 11.3 Å². The SMILES string of the molecule is COC(=O)[C@H](C)Oc1cc([C@H](C(=O)N2C[C@H](O[Si](C)(C)C(C)(C)C)C[C@H]2C(=O)N[C@@H](C)c2ccc(-c3scnc3C)cc2)C(C)C)on1. The molecule has 3 aromatic rings. The van der Waals surface area contributed by atoms with Crippen molar-refractivity contribution in [2.24, 2.45) is 5.92 Å². The molecular weight excluding hydrogens is 649 g/mol. The lowest BCUT2D eigenvalue weighted by atomic mass is 9.91. The first kappa shape index (κ1) is 37.3. The molecule has 2 aromatic heterocycles. The monoisotopic (exact) mass is 698 g/mol. The predicted molar refractivity (Wildman–Crippen MR) is 187 cm³/mol. The molecule has 0 spiro atoms. The summed E-state index contributed by atoms with van der Waals surface area (Å²) in [5.41, 5.74) is 4.85. The first-order valence-electron chi connectivity index (χ1n) is 16.4. The molecule has 0 unspecified atom stereocenters. The number of amides is 2. The second kappa shape index (κ2) is 14.9. The van der Waals surface area contributed by atoms with Gasteiger partial charge in [0.2, 0.25) is 11.8 Å². The van der Waals surface area contributed by atoms with Gasteiger partial charge in [0.1, 0.15) is 12.0 Å². The average Bonchev–Trinajstić information content (AvgIpc) is 3.76. The minimum absolute atomic E-state index is 0.0430. The summed E-state index contributed by atoms with van der Waals surface area (Å²) < 4.78 is 22.7. The van der Waals surface area contributed by atoms with E-state index >= 15 is 0 Å². The Morgan fingerprint density at radius 2 is 1.77 bits per heavy atom. The second-order valence-corrected chi connectivity index (χ2v) is 20.0. The van der Waals surface area contributed by atoms with Crippen LogP contribution < -0.4 is 10.1 Å². The van der Waals surface area contributed by atoms with Crippen molar-refractivity contribution in [3.63, 3.8) is 0 Å². The van der Waals surface area contributed by atoms with Crippen molar-refractivity contribution >= 4 is 37.4 Å². The number of carbonyl (C=O) groups is 3. The molecular formula is C35H50N4O7SSi. The van der Waals surface area contributed by atoms with Gasteiger partial charge >= 0.3 is 5.97 Å². The Hall–Kier alpha value is -3.55. The highest BCUT2D eigenvalue weighted by molar-refractivity contribution is 7.13. The zero-order valence-electron chi connectivity index (χ0n) is 30.0. The standard InChI is InChI=1S/C35H50N4O7SSi/c1-20(2)30(28-17-29(38-45-28)44-23(5)34(42)43-9)33(41)39-18-26(46-48(10,11)35(6,7)8)16-27(39)32(40)37-21(3)24-12-14-25(15-13-24)31-22(4)36-19-47-31/h12-15,17,19-21,23,26-27,30H,16,18H2,1-11H3,(H,37,40)/t21-,23-,26+,27-,30+/m0/s1. The molecule has 5 atom stereocenters. The molecule has 1 aliphatic rings. The molecule has 262 valence electrons. The number of benzene rings is 1. The number of aromatic nitrogens is 2. The van der Waals surface area contributed by atoms with Crippen molar-refractivity contribution in [2.75, 3.05) is 13.7 Å². The lowest BCUT2D eigenvalue weighted by Crippen LogP contribution is -2.48. The number of methoxy groups -OCH3 is 1. The van der Waals surface area contributed by atoms with E-state index in [4.69, 9.17) is 18.4 Å². The molecule has 0 bridgehead atoms. The van der Waals surface area contributed by atoms with Crippen LogP contribution in [0, 0.1) is 12.8 Å². The number of hydrogen-bond acceptors (Lipinski definition) is 10. The topological polar surface area (TPSA) is 133 Å². The zero-order valence-corrected chi connectivity index (χ0v) is 31.8. The fourth-order valence-corrected chi connectivity index (χ4v) is 7.82. The number of nitrogens with zero attached hydrogens (tertiary/aromatic N) is 3. The molecule has 0 radical (unpaired) electrons. The summed E-state index contributed by atoms with van der Waals surface area (Å²) in [4.78, 5) is 47.4. The largest absolute Gasteiger partial charge is 0.466 e. The quantitative estimate of drug-likeness (QED) is 0.163. The van der Waals surface area contributed by atoms with Crippen molar-refractivity contribution in [2.45, 2.75) is 110 Å². The summed E-state index contributed by atoms with van der Waals surface area (Å²) in [6.07, 6.45) is -0.826. The smallest absolute Gasteiger partial charge is 0.346 e. The third-order valence-electron chi connectivity index (χ3n) is 9.47. The first-order chi connectivity index (χ1) is 22.4. The van der Waals surface area contributed by atoms with Crippen molar-refractivity contribution in [3.05, 3.63) is 52.9 Å². The van der Waals surface area contributed by atoms with E-state index in [0.29, 0.717) is 12.2 Å². The van der Waals surface area contributed by atoms with Crippen molar-refractivity contribution in [1.29, 1.82) is 0 Å². The van der Waals surface area contributed by atoms with E-state index in [1.807, 2.05) is 57.5 Å². The Bertz CT molecular complexity index is 1580. The molecule has 1 aliphatic heterocycles. The lowest BCUT2D eigenvalue weighted by molar-refractivity contribution is -0.148. The molecule has 11 nitrogen and oxygen atoms in total. The van der Waals surface area contributed by atoms with Gasteiger partial charge in [0, 0.05) is 19.0 Å². The number of aryl methyl sites for hydroxylation is 1. The van der Waals surface area contributed by atoms with Crippen LogP contribution in [0.2, 0.25) is 18.1 Å². The van der Waals surface area contributed by atoms with E-state index in [1.165, 1.54) is 13.2 Å². The normalized spacial score (nSPS) is 18.8. The van der Waals surface area contributed by atoms with Crippen molar-refractivity contribution in [1.82, 2.24) is 20.4 Å². The van der Waals surface area contributed by atoms with Gasteiger partial charge in [-0.1, -0.05) is 58.9 Å². The molecule has 1 saturated heterocycles. The van der Waals surface area contributed by atoms with E-state index in [2.05, 4.69) is 49.3 Å². The summed E-state index contributed by atoms with van der Waals surface area (Å²) in [6, 6.07) is 8.60. The maximum absolute atomic E-state index is 14.4. The minimum Gasteiger partial charge on any atom is -0.466 e. The van der Waals surface area contributed by atoms with Crippen LogP contribution in [0.4, 0.5) is 0 Å². The van der Waals surface area contributed by atoms with Gasteiger partial charge in [-0.25, -0.2) is 9.78 Å². The summed E-state index contributed by atoms with van der Waals surface area (Å²) in [6.45, 7) is 20.4. The van der Waals surface area contributed by atoms with Gasteiger partial charge in [-0.2, -0.15) is 0 Å². The van der Waals surface area contributed by atoms with Gasteiger partial charge in [-0.3, -0.25) is 9.59 Å². The molecule has 2 amide bonds. The third-order valence-corrected chi connectivity index (χ3v) is 15.0. The maximum Gasteiger partial charge on any atom is 0.346 e. The Labute approximate surface area is 288 Å². The summed E-state index contributed by atoms with van der Waals surface area (Å²) in [5, 5.41) is 7.08. The van der Waals surface area contributed by atoms with Gasteiger partial charge in [-0.15, -0.1) is 11.3 Å². The number of nitrogens with one attached hydrogen (secondary N) is 1. The van der Waals surface area contributed by atoms with E-state index in [0.717, 1.165) is 21.7 Å². The van der Waals surface area contributed by atoms with E-state index in [-0.39, 0.29) is 47.3 Å². The molecule has 1 aromatic carbocycles. The highest BCUT2D eigenvalue weighted by Gasteiger charge is 2.47. The molecule has 3 heterocycles. The molecule has 0 aliphatic carbocycles. The Morgan fingerprint density at radius 3 is 2.33 bits per heavy atom. The van der Waals surface area contributed by atoms with Gasteiger partial charge in [0.15, 0.2) is 20.2 Å². The molecule has 0 saturated carbocycles. The van der Waals surface area contributed by atoms with Crippen LogP contribution in [0.15, 0.2) is 40.4 Å². The summed E-state index contributed by atoms with van der Waals surface area (Å²) in [5.74, 6) is -1.64. The molecule has 13 heteroatoms. The van der Waals surface area contributed by atoms with Crippen molar-refractivity contribution in [3.8, 4) is 16.3 Å². The fraction of sp³-hybridized carbons (Fsp3) is 0.571. The number of ether oxygens (including phenoxy) is 2. The van der Waals surface area contributed by atoms with Crippen LogP contribution in [-0.4, -0.2) is 73.0 Å². The number of likely N-dealkylation sites (tertiary alicyclic amines) is 1. The Morgan fingerprint density at radius 1 is 1.10 bits per heavy atom. The Kier molecular flexibility index (Phi) is 11.6. The van der Waals surface area contributed by atoms with Gasteiger partial charge < -0.3 is 28.6 Å². The van der Waals surface area contributed by atoms with Crippen molar-refractivity contribution < 1.29 is 32.8 Å². The Balaban J connectivity index is 1.57. The molecule has 48 heavy (non-hydrogen) atoms. The third kappa shape index (κ3) is 8.35. The highest BCUT2D eigenvalue weighted by atomic mass is 32.1. The van der Waals surface area contributed by atoms with E-state index in [1.54, 1.807) is 23.2 Å². The predicted octanol–water partition coefficient (Wildman–Crippen LogP) is 6.66. The summed E-state index contributed by atoms with van der Waals surface area (Å²) in [7, 11) is -0.936. The highest BCUT2D eigenvalue weighted by Crippen LogP contribution is 2.40. The second-order valence-electron chi connectivity index (χ2n) is 14.4. The molecule has 1 N–H and O–H groups in total.